The van der Waals surface area contributed by atoms with Gasteiger partial charge in [-0.05, 0) is 19.4 Å². The van der Waals surface area contributed by atoms with E-state index in [2.05, 4.69) is 13.0 Å². The molecular formula is C11H22OSi. The SMILES string of the molecule is CCCCCCC=CC=C[SiH](C)O. The molecule has 0 aliphatic rings. The molecule has 1 N–H and O–H groups in total. The van der Waals surface area contributed by atoms with E-state index in [1.807, 2.05) is 24.4 Å². The van der Waals surface area contributed by atoms with Crippen molar-refractivity contribution in [1.82, 2.24) is 0 Å². The molecule has 0 amide bonds. The number of hydrogen-bond donors (Lipinski definition) is 1. The Morgan fingerprint density at radius 2 is 1.92 bits per heavy atom. The molecular weight excluding hydrogens is 176 g/mol. The molecule has 0 saturated carbocycles. The molecule has 1 nitrogen and oxygen atoms in total. The lowest BCUT2D eigenvalue weighted by atomic mass is 10.1. The number of rotatable bonds is 7. The van der Waals surface area contributed by atoms with Gasteiger partial charge >= 0.3 is 0 Å². The Labute approximate surface area is 83.9 Å². The maximum Gasteiger partial charge on any atom is 0.193 e. The van der Waals surface area contributed by atoms with Crippen LogP contribution in [0.1, 0.15) is 39.0 Å². The molecule has 0 spiro atoms. The van der Waals surface area contributed by atoms with E-state index in [-0.39, 0.29) is 0 Å². The van der Waals surface area contributed by atoms with Gasteiger partial charge in [0.05, 0.1) is 0 Å². The molecule has 0 aromatic rings. The summed E-state index contributed by atoms with van der Waals surface area (Å²) >= 11 is 0. The Morgan fingerprint density at radius 3 is 2.54 bits per heavy atom. The van der Waals surface area contributed by atoms with Gasteiger partial charge in [-0.25, -0.2) is 0 Å². The van der Waals surface area contributed by atoms with Crippen LogP contribution in [0.5, 0.6) is 0 Å². The van der Waals surface area contributed by atoms with Gasteiger partial charge in [0.2, 0.25) is 0 Å². The summed E-state index contributed by atoms with van der Waals surface area (Å²) in [6.07, 6.45) is 12.7. The first-order valence-electron chi connectivity index (χ1n) is 5.28. The molecule has 0 fully saturated rings. The van der Waals surface area contributed by atoms with E-state index in [0.717, 1.165) is 0 Å². The average molecular weight is 198 g/mol. The van der Waals surface area contributed by atoms with E-state index in [1.165, 1.54) is 32.1 Å². The summed E-state index contributed by atoms with van der Waals surface area (Å²) in [5.41, 5.74) is 1.92. The minimum absolute atomic E-state index is 1.17. The summed E-state index contributed by atoms with van der Waals surface area (Å²) in [4.78, 5) is 9.04. The molecule has 2 heteroatoms. The second-order valence-corrected chi connectivity index (χ2v) is 5.27. The predicted molar refractivity (Wildman–Crippen MR) is 62.3 cm³/mol. The fourth-order valence-corrected chi connectivity index (χ4v) is 1.54. The highest BCUT2D eigenvalue weighted by atomic mass is 28.3. The van der Waals surface area contributed by atoms with E-state index in [9.17, 15) is 0 Å². The molecule has 0 aliphatic carbocycles. The van der Waals surface area contributed by atoms with Crippen molar-refractivity contribution in [3.63, 3.8) is 0 Å². The third kappa shape index (κ3) is 11.7. The maximum atomic E-state index is 9.04. The summed E-state index contributed by atoms with van der Waals surface area (Å²) in [6, 6.07) is 0. The van der Waals surface area contributed by atoms with Crippen LogP contribution in [0, 0.1) is 0 Å². The first-order valence-corrected chi connectivity index (χ1v) is 7.62. The van der Waals surface area contributed by atoms with Crippen LogP contribution in [-0.4, -0.2) is 13.8 Å². The van der Waals surface area contributed by atoms with Crippen LogP contribution in [0.15, 0.2) is 23.9 Å². The van der Waals surface area contributed by atoms with Gasteiger partial charge in [0.1, 0.15) is 0 Å². The van der Waals surface area contributed by atoms with Crippen LogP contribution in [-0.2, 0) is 0 Å². The zero-order chi connectivity index (χ0) is 9.94. The molecule has 0 saturated heterocycles. The normalized spacial score (nSPS) is 14.4. The molecule has 0 heterocycles. The lowest BCUT2D eigenvalue weighted by Gasteiger charge is -1.93. The molecule has 0 aromatic heterocycles. The minimum atomic E-state index is -1.47. The van der Waals surface area contributed by atoms with Crippen molar-refractivity contribution in [2.45, 2.75) is 45.6 Å². The highest BCUT2D eigenvalue weighted by Crippen LogP contribution is 2.02. The van der Waals surface area contributed by atoms with Crippen molar-refractivity contribution in [3.05, 3.63) is 23.9 Å². The average Bonchev–Trinajstić information content (AvgIpc) is 2.09. The van der Waals surface area contributed by atoms with Crippen molar-refractivity contribution in [2.24, 2.45) is 0 Å². The van der Waals surface area contributed by atoms with E-state index in [1.54, 1.807) is 0 Å². The van der Waals surface area contributed by atoms with E-state index in [0.29, 0.717) is 0 Å². The van der Waals surface area contributed by atoms with Crippen LogP contribution >= 0.6 is 0 Å². The zero-order valence-electron chi connectivity index (χ0n) is 8.87. The Kier molecular flexibility index (Phi) is 9.49. The van der Waals surface area contributed by atoms with Crippen molar-refractivity contribution in [2.75, 3.05) is 0 Å². The zero-order valence-corrected chi connectivity index (χ0v) is 10.0. The van der Waals surface area contributed by atoms with Gasteiger partial charge in [0.25, 0.3) is 0 Å². The third-order valence-corrected chi connectivity index (χ3v) is 2.64. The van der Waals surface area contributed by atoms with Crippen LogP contribution in [0.4, 0.5) is 0 Å². The summed E-state index contributed by atoms with van der Waals surface area (Å²) in [6.45, 7) is 4.12. The fourth-order valence-electron chi connectivity index (χ4n) is 1.09. The van der Waals surface area contributed by atoms with Gasteiger partial charge in [-0.2, -0.15) is 0 Å². The molecule has 1 unspecified atom stereocenters. The van der Waals surface area contributed by atoms with Gasteiger partial charge in [-0.3, -0.25) is 0 Å². The second-order valence-electron chi connectivity index (χ2n) is 3.40. The molecule has 76 valence electrons. The quantitative estimate of drug-likeness (QED) is 0.379. The maximum absolute atomic E-state index is 9.04. The predicted octanol–water partition coefficient (Wildman–Crippen LogP) is 2.95. The van der Waals surface area contributed by atoms with Crippen molar-refractivity contribution in [1.29, 1.82) is 0 Å². The number of unbranched alkanes of at least 4 members (excludes halogenated alkanes) is 4. The summed E-state index contributed by atoms with van der Waals surface area (Å²) < 4.78 is 0. The standard InChI is InChI=1S/C11H22OSi/c1-3-4-5-6-7-8-9-10-11-13(2)12/h8-13H,3-7H2,1-2H3. The van der Waals surface area contributed by atoms with Crippen LogP contribution in [0.3, 0.4) is 0 Å². The van der Waals surface area contributed by atoms with Gasteiger partial charge in [-0.1, -0.05) is 50.1 Å². The second kappa shape index (κ2) is 9.74. The first kappa shape index (κ1) is 12.7. The molecule has 1 atom stereocenters. The molecule has 0 radical (unpaired) electrons. The fraction of sp³-hybridized carbons (Fsp3) is 0.636. The Balaban J connectivity index is 3.21. The monoisotopic (exact) mass is 198 g/mol. The Morgan fingerprint density at radius 1 is 1.15 bits per heavy atom. The highest BCUT2D eigenvalue weighted by Gasteiger charge is 1.85. The van der Waals surface area contributed by atoms with Gasteiger partial charge in [0.15, 0.2) is 9.04 Å². The molecule has 0 aliphatic heterocycles. The Hall–Kier alpha value is -0.343. The highest BCUT2D eigenvalue weighted by molar-refractivity contribution is 6.54. The first-order chi connectivity index (χ1) is 6.27. The smallest absolute Gasteiger partial charge is 0.193 e. The van der Waals surface area contributed by atoms with E-state index < -0.39 is 9.04 Å². The largest absolute Gasteiger partial charge is 0.431 e. The van der Waals surface area contributed by atoms with Crippen molar-refractivity contribution in [3.8, 4) is 0 Å². The summed E-state index contributed by atoms with van der Waals surface area (Å²) in [5, 5.41) is 0. The molecule has 0 aromatic carbocycles. The lowest BCUT2D eigenvalue weighted by molar-refractivity contribution is 0.593. The number of hydrogen-bond acceptors (Lipinski definition) is 1. The minimum Gasteiger partial charge on any atom is -0.431 e. The molecule has 0 bridgehead atoms. The van der Waals surface area contributed by atoms with E-state index in [4.69, 9.17) is 4.80 Å². The van der Waals surface area contributed by atoms with Crippen LogP contribution in [0.2, 0.25) is 6.55 Å². The molecule has 0 rings (SSSR count). The third-order valence-electron chi connectivity index (χ3n) is 1.86. The van der Waals surface area contributed by atoms with Gasteiger partial charge in [-0.15, -0.1) is 0 Å². The lowest BCUT2D eigenvalue weighted by Crippen LogP contribution is -1.98. The number of allylic oxidation sites excluding steroid dienone is 3. The van der Waals surface area contributed by atoms with Crippen LogP contribution in [0.25, 0.3) is 0 Å². The Bertz CT molecular complexity index is 150. The van der Waals surface area contributed by atoms with Crippen LogP contribution < -0.4 is 0 Å². The van der Waals surface area contributed by atoms with Gasteiger partial charge in [0, 0.05) is 0 Å². The van der Waals surface area contributed by atoms with Crippen molar-refractivity contribution >= 4 is 9.04 Å². The molecule has 13 heavy (non-hydrogen) atoms. The topological polar surface area (TPSA) is 20.2 Å². The summed E-state index contributed by atoms with van der Waals surface area (Å²) in [7, 11) is -1.47. The summed E-state index contributed by atoms with van der Waals surface area (Å²) in [5.74, 6) is 0. The van der Waals surface area contributed by atoms with Crippen molar-refractivity contribution < 1.29 is 4.80 Å². The van der Waals surface area contributed by atoms with Gasteiger partial charge < -0.3 is 4.80 Å². The van der Waals surface area contributed by atoms with E-state index >= 15 is 0 Å².